The van der Waals surface area contributed by atoms with Crippen molar-refractivity contribution in [2.45, 2.75) is 26.7 Å². The van der Waals surface area contributed by atoms with Crippen LogP contribution in [0.15, 0.2) is 47.2 Å². The molecule has 0 aliphatic heterocycles. The Kier molecular flexibility index (Phi) is 5.74. The zero-order chi connectivity index (χ0) is 18.7. The Bertz CT molecular complexity index is 875. The number of carbonyl (C=O) groups is 1. The van der Waals surface area contributed by atoms with Crippen molar-refractivity contribution >= 4 is 34.0 Å². The van der Waals surface area contributed by atoms with Crippen LogP contribution in [0, 0.1) is 5.92 Å². The maximum atomic E-state index is 12.3. The molecular formula is C19H20ClN3O2S. The first kappa shape index (κ1) is 18.6. The number of nitrogens with zero attached hydrogens (tertiary/aromatic N) is 2. The number of carbonyl (C=O) groups excluding carboxylic acids is 1. The Hall–Kier alpha value is -2.18. The third kappa shape index (κ3) is 4.14. The summed E-state index contributed by atoms with van der Waals surface area (Å²) in [6.07, 6.45) is 5.69. The number of rotatable bonds is 5. The van der Waals surface area contributed by atoms with Crippen molar-refractivity contribution in [3.05, 3.63) is 63.6 Å². The van der Waals surface area contributed by atoms with Crippen molar-refractivity contribution in [3.8, 4) is 0 Å². The van der Waals surface area contributed by atoms with E-state index < -0.39 is 0 Å². The number of nitrogens with one attached hydrogen (secondary N) is 1. The van der Waals surface area contributed by atoms with Gasteiger partial charge in [0.05, 0.1) is 12.3 Å². The summed E-state index contributed by atoms with van der Waals surface area (Å²) in [6, 6.07) is 3.15. The van der Waals surface area contributed by atoms with Gasteiger partial charge in [-0.3, -0.25) is 10.1 Å². The minimum atomic E-state index is -0.252. The first-order valence-corrected chi connectivity index (χ1v) is 9.64. The summed E-state index contributed by atoms with van der Waals surface area (Å²) < 4.78 is 5.62. The fraction of sp³-hybridized carbons (Fsp3) is 0.316. The van der Waals surface area contributed by atoms with Gasteiger partial charge in [0.1, 0.15) is 10.9 Å². The predicted octanol–water partition coefficient (Wildman–Crippen LogP) is 5.04. The molecule has 136 valence electrons. The Morgan fingerprint density at radius 3 is 2.96 bits per heavy atom. The highest BCUT2D eigenvalue weighted by atomic mass is 35.5. The standard InChI is InChI=1S/C19H20ClN3O2S/c1-4-25-14-7-11(2)17(12(3)8-14)15-10-26-19(22-15)23-18(24)13-5-6-21-16(20)9-13/h5-11,17H,4H2,1-3H3,(H,22,23,24). The van der Waals surface area contributed by atoms with E-state index in [1.165, 1.54) is 29.2 Å². The maximum absolute atomic E-state index is 12.3. The van der Waals surface area contributed by atoms with E-state index in [2.05, 4.69) is 41.3 Å². The van der Waals surface area contributed by atoms with E-state index in [0.717, 1.165) is 11.5 Å². The normalized spacial score (nSPS) is 19.5. The van der Waals surface area contributed by atoms with Crippen LogP contribution in [0.4, 0.5) is 5.13 Å². The van der Waals surface area contributed by atoms with Crippen LogP contribution >= 0.6 is 22.9 Å². The van der Waals surface area contributed by atoms with Gasteiger partial charge in [-0.15, -0.1) is 11.3 Å². The van der Waals surface area contributed by atoms with Crippen molar-refractivity contribution in [1.29, 1.82) is 0 Å². The Morgan fingerprint density at radius 2 is 2.27 bits per heavy atom. The summed E-state index contributed by atoms with van der Waals surface area (Å²) >= 11 is 7.25. The van der Waals surface area contributed by atoms with Crippen molar-refractivity contribution < 1.29 is 9.53 Å². The first-order valence-electron chi connectivity index (χ1n) is 8.39. The van der Waals surface area contributed by atoms with Crippen LogP contribution in [0.1, 0.15) is 42.7 Å². The van der Waals surface area contributed by atoms with E-state index in [9.17, 15) is 4.79 Å². The zero-order valence-electron chi connectivity index (χ0n) is 14.8. The molecular weight excluding hydrogens is 370 g/mol. The number of pyridine rings is 1. The van der Waals surface area contributed by atoms with Gasteiger partial charge < -0.3 is 4.74 Å². The molecule has 0 radical (unpaired) electrons. The number of anilines is 1. The van der Waals surface area contributed by atoms with Gasteiger partial charge in [-0.05, 0) is 44.1 Å². The molecule has 2 unspecified atom stereocenters. The number of halogens is 1. The molecule has 2 atom stereocenters. The maximum Gasteiger partial charge on any atom is 0.257 e. The second-order valence-electron chi connectivity index (χ2n) is 6.13. The SMILES string of the molecule is CCOC1=CC(C)C(c2csc(NC(=O)c3ccnc(Cl)c3)n2)C(C)=C1. The van der Waals surface area contributed by atoms with Crippen molar-refractivity contribution in [2.24, 2.45) is 5.92 Å². The van der Waals surface area contributed by atoms with Crippen LogP contribution in [-0.4, -0.2) is 22.5 Å². The molecule has 26 heavy (non-hydrogen) atoms. The van der Waals surface area contributed by atoms with Crippen LogP contribution in [0.25, 0.3) is 0 Å². The highest BCUT2D eigenvalue weighted by Gasteiger charge is 2.26. The van der Waals surface area contributed by atoms with E-state index >= 15 is 0 Å². The molecule has 1 N–H and O–H groups in total. The first-order chi connectivity index (χ1) is 12.5. The molecule has 0 saturated carbocycles. The highest BCUT2D eigenvalue weighted by molar-refractivity contribution is 7.14. The zero-order valence-corrected chi connectivity index (χ0v) is 16.4. The van der Waals surface area contributed by atoms with Gasteiger partial charge in [0.2, 0.25) is 0 Å². The van der Waals surface area contributed by atoms with Gasteiger partial charge in [0, 0.05) is 23.1 Å². The molecule has 0 spiro atoms. The van der Waals surface area contributed by atoms with Crippen molar-refractivity contribution in [1.82, 2.24) is 9.97 Å². The minimum Gasteiger partial charge on any atom is -0.494 e. The molecule has 1 aliphatic carbocycles. The smallest absolute Gasteiger partial charge is 0.257 e. The molecule has 0 aromatic carbocycles. The fourth-order valence-electron chi connectivity index (χ4n) is 3.09. The van der Waals surface area contributed by atoms with Crippen LogP contribution in [0.2, 0.25) is 5.15 Å². The number of aromatic nitrogens is 2. The van der Waals surface area contributed by atoms with Crippen LogP contribution in [0.3, 0.4) is 0 Å². The number of amides is 1. The number of allylic oxidation sites excluding steroid dienone is 3. The molecule has 7 heteroatoms. The van der Waals surface area contributed by atoms with E-state index in [4.69, 9.17) is 16.3 Å². The topological polar surface area (TPSA) is 64.1 Å². The van der Waals surface area contributed by atoms with E-state index in [1.807, 2.05) is 12.3 Å². The molecule has 1 aliphatic rings. The summed E-state index contributed by atoms with van der Waals surface area (Å²) in [5.74, 6) is 1.10. The molecule has 5 nitrogen and oxygen atoms in total. The summed E-state index contributed by atoms with van der Waals surface area (Å²) in [5.41, 5.74) is 2.60. The number of hydrogen-bond acceptors (Lipinski definition) is 5. The third-order valence-corrected chi connectivity index (χ3v) is 5.16. The monoisotopic (exact) mass is 389 g/mol. The van der Waals surface area contributed by atoms with E-state index in [0.29, 0.717) is 17.3 Å². The largest absolute Gasteiger partial charge is 0.494 e. The lowest BCUT2D eigenvalue weighted by atomic mass is 9.81. The lowest BCUT2D eigenvalue weighted by Crippen LogP contribution is -2.16. The van der Waals surface area contributed by atoms with Gasteiger partial charge in [0.25, 0.3) is 5.91 Å². The fourth-order valence-corrected chi connectivity index (χ4v) is 4.01. The van der Waals surface area contributed by atoms with Gasteiger partial charge in [-0.1, -0.05) is 24.1 Å². The molecule has 2 aromatic rings. The molecule has 0 saturated heterocycles. The van der Waals surface area contributed by atoms with Crippen LogP contribution in [0.5, 0.6) is 0 Å². The van der Waals surface area contributed by atoms with Gasteiger partial charge >= 0.3 is 0 Å². The minimum absolute atomic E-state index is 0.177. The molecule has 2 aromatic heterocycles. The molecule has 0 fully saturated rings. The quantitative estimate of drug-likeness (QED) is 0.727. The lowest BCUT2D eigenvalue weighted by Gasteiger charge is -2.26. The summed E-state index contributed by atoms with van der Waals surface area (Å²) in [6.45, 7) is 6.87. The van der Waals surface area contributed by atoms with Gasteiger partial charge in [0.15, 0.2) is 5.13 Å². The van der Waals surface area contributed by atoms with Gasteiger partial charge in [-0.25, -0.2) is 9.97 Å². The number of thiazole rings is 1. The highest BCUT2D eigenvalue weighted by Crippen LogP contribution is 2.38. The van der Waals surface area contributed by atoms with Crippen LogP contribution in [-0.2, 0) is 4.74 Å². The molecule has 1 amide bonds. The second kappa shape index (κ2) is 8.01. The average molecular weight is 390 g/mol. The lowest BCUT2D eigenvalue weighted by molar-refractivity contribution is 0.102. The van der Waals surface area contributed by atoms with E-state index in [1.54, 1.807) is 6.07 Å². The summed E-state index contributed by atoms with van der Waals surface area (Å²) in [7, 11) is 0. The number of hydrogen-bond donors (Lipinski definition) is 1. The third-order valence-electron chi connectivity index (χ3n) is 4.17. The molecule has 2 heterocycles. The summed E-state index contributed by atoms with van der Waals surface area (Å²) in [5, 5.41) is 5.67. The van der Waals surface area contributed by atoms with Crippen molar-refractivity contribution in [3.63, 3.8) is 0 Å². The average Bonchev–Trinajstić information content (AvgIpc) is 3.02. The Labute approximate surface area is 161 Å². The molecule has 0 bridgehead atoms. The number of ether oxygens (including phenoxy) is 1. The molecule has 3 rings (SSSR count). The predicted molar refractivity (Wildman–Crippen MR) is 105 cm³/mol. The van der Waals surface area contributed by atoms with Gasteiger partial charge in [-0.2, -0.15) is 0 Å². The van der Waals surface area contributed by atoms with E-state index in [-0.39, 0.29) is 22.9 Å². The Balaban J connectivity index is 1.74. The summed E-state index contributed by atoms with van der Waals surface area (Å²) in [4.78, 5) is 20.8. The Morgan fingerprint density at radius 1 is 1.46 bits per heavy atom. The second-order valence-corrected chi connectivity index (χ2v) is 7.37. The van der Waals surface area contributed by atoms with Crippen LogP contribution < -0.4 is 5.32 Å². The van der Waals surface area contributed by atoms with Crippen molar-refractivity contribution in [2.75, 3.05) is 11.9 Å².